The van der Waals surface area contributed by atoms with Gasteiger partial charge in [-0.15, -0.1) is 0 Å². The van der Waals surface area contributed by atoms with E-state index in [4.69, 9.17) is 0 Å². The molecule has 2 aromatic rings. The van der Waals surface area contributed by atoms with Gasteiger partial charge >= 0.3 is 0 Å². The zero-order valence-electron chi connectivity index (χ0n) is 12.2. The standard InChI is InChI=1S/C15H22N4O/c1-3-5-7-12-16-11-9-10-13(19-15(11)18-12)17-14(20)8-6-4-2/h9-10H,3-8H2,1-2H3,(H2,16,17,18,19,20). The minimum atomic E-state index is 0.0143. The number of imidazole rings is 1. The quantitative estimate of drug-likeness (QED) is 0.812. The third-order valence-electron chi connectivity index (χ3n) is 3.19. The minimum absolute atomic E-state index is 0.0143. The number of hydrogen-bond acceptors (Lipinski definition) is 3. The molecular weight excluding hydrogens is 252 g/mol. The van der Waals surface area contributed by atoms with Crippen LogP contribution < -0.4 is 5.32 Å². The highest BCUT2D eigenvalue weighted by molar-refractivity contribution is 5.90. The summed E-state index contributed by atoms with van der Waals surface area (Å²) in [5, 5.41) is 2.82. The summed E-state index contributed by atoms with van der Waals surface area (Å²) in [6.45, 7) is 4.23. The molecule has 0 saturated carbocycles. The molecule has 0 radical (unpaired) electrons. The van der Waals surface area contributed by atoms with E-state index in [1.807, 2.05) is 12.1 Å². The molecule has 2 rings (SSSR count). The summed E-state index contributed by atoms with van der Waals surface area (Å²) in [5.74, 6) is 1.55. The first kappa shape index (κ1) is 14.5. The summed E-state index contributed by atoms with van der Waals surface area (Å²) < 4.78 is 0. The van der Waals surface area contributed by atoms with E-state index in [0.717, 1.165) is 43.4 Å². The van der Waals surface area contributed by atoms with Crippen molar-refractivity contribution in [2.75, 3.05) is 5.32 Å². The number of amides is 1. The molecule has 5 nitrogen and oxygen atoms in total. The number of aromatic nitrogens is 3. The van der Waals surface area contributed by atoms with Crippen molar-refractivity contribution in [1.82, 2.24) is 15.0 Å². The van der Waals surface area contributed by atoms with Crippen LogP contribution in [0.15, 0.2) is 12.1 Å². The third-order valence-corrected chi connectivity index (χ3v) is 3.19. The number of fused-ring (bicyclic) bond motifs is 1. The maximum absolute atomic E-state index is 11.7. The molecule has 0 saturated heterocycles. The van der Waals surface area contributed by atoms with Gasteiger partial charge in [-0.25, -0.2) is 9.97 Å². The van der Waals surface area contributed by atoms with Crippen LogP contribution in [-0.2, 0) is 11.2 Å². The molecule has 0 aliphatic carbocycles. The van der Waals surface area contributed by atoms with E-state index in [9.17, 15) is 4.79 Å². The molecule has 5 heteroatoms. The highest BCUT2D eigenvalue weighted by Crippen LogP contribution is 2.14. The number of aryl methyl sites for hydroxylation is 1. The lowest BCUT2D eigenvalue weighted by Crippen LogP contribution is -2.11. The molecule has 2 N–H and O–H groups in total. The van der Waals surface area contributed by atoms with E-state index >= 15 is 0 Å². The van der Waals surface area contributed by atoms with Gasteiger partial charge in [0, 0.05) is 12.8 Å². The number of anilines is 1. The fourth-order valence-electron chi connectivity index (χ4n) is 2.02. The van der Waals surface area contributed by atoms with Crippen molar-refractivity contribution in [1.29, 1.82) is 0 Å². The fraction of sp³-hybridized carbons (Fsp3) is 0.533. The molecule has 0 aliphatic rings. The Hall–Kier alpha value is -1.91. The summed E-state index contributed by atoms with van der Waals surface area (Å²) in [6, 6.07) is 3.73. The summed E-state index contributed by atoms with van der Waals surface area (Å²) in [5.41, 5.74) is 1.59. The van der Waals surface area contributed by atoms with Crippen molar-refractivity contribution in [3.63, 3.8) is 0 Å². The van der Waals surface area contributed by atoms with Gasteiger partial charge in [0.2, 0.25) is 5.91 Å². The van der Waals surface area contributed by atoms with Crippen molar-refractivity contribution in [2.45, 2.75) is 52.4 Å². The smallest absolute Gasteiger partial charge is 0.225 e. The minimum Gasteiger partial charge on any atom is -0.341 e. The van der Waals surface area contributed by atoms with Crippen molar-refractivity contribution >= 4 is 22.9 Å². The molecule has 0 aromatic carbocycles. The van der Waals surface area contributed by atoms with Gasteiger partial charge in [-0.05, 0) is 25.0 Å². The zero-order valence-corrected chi connectivity index (χ0v) is 12.2. The van der Waals surface area contributed by atoms with E-state index in [1.54, 1.807) is 0 Å². The first-order valence-corrected chi connectivity index (χ1v) is 7.38. The lowest BCUT2D eigenvalue weighted by Gasteiger charge is -2.02. The molecular formula is C15H22N4O. The molecule has 0 atom stereocenters. The maximum atomic E-state index is 11.7. The molecule has 2 aromatic heterocycles. The van der Waals surface area contributed by atoms with Crippen molar-refractivity contribution in [2.24, 2.45) is 0 Å². The second kappa shape index (κ2) is 7.03. The van der Waals surface area contributed by atoms with Crippen LogP contribution in [0.25, 0.3) is 11.2 Å². The topological polar surface area (TPSA) is 70.7 Å². The Labute approximate surface area is 119 Å². The van der Waals surface area contributed by atoms with E-state index in [-0.39, 0.29) is 5.91 Å². The lowest BCUT2D eigenvalue weighted by atomic mass is 10.2. The van der Waals surface area contributed by atoms with Gasteiger partial charge in [-0.2, -0.15) is 0 Å². The van der Waals surface area contributed by atoms with Crippen molar-refractivity contribution < 1.29 is 4.79 Å². The molecule has 2 heterocycles. The van der Waals surface area contributed by atoms with Crippen LogP contribution in [0.3, 0.4) is 0 Å². The molecule has 1 amide bonds. The molecule has 0 fully saturated rings. The summed E-state index contributed by atoms with van der Waals surface area (Å²) in [6.07, 6.45) is 5.64. The molecule has 0 aliphatic heterocycles. The second-order valence-corrected chi connectivity index (χ2v) is 5.01. The number of rotatable bonds is 7. The summed E-state index contributed by atoms with van der Waals surface area (Å²) in [4.78, 5) is 23.8. The van der Waals surface area contributed by atoms with Gasteiger partial charge in [-0.1, -0.05) is 26.7 Å². The van der Waals surface area contributed by atoms with Crippen LogP contribution in [-0.4, -0.2) is 20.9 Å². The largest absolute Gasteiger partial charge is 0.341 e. The molecule has 0 bridgehead atoms. The monoisotopic (exact) mass is 274 g/mol. The van der Waals surface area contributed by atoms with Crippen LogP contribution in [0.4, 0.5) is 5.82 Å². The predicted molar refractivity (Wildman–Crippen MR) is 80.7 cm³/mol. The molecule has 20 heavy (non-hydrogen) atoms. The van der Waals surface area contributed by atoms with E-state index in [2.05, 4.69) is 34.1 Å². The van der Waals surface area contributed by atoms with E-state index in [1.165, 1.54) is 0 Å². The Morgan fingerprint density at radius 3 is 2.75 bits per heavy atom. The Bertz CT molecular complexity index is 576. The van der Waals surface area contributed by atoms with Crippen LogP contribution in [0, 0.1) is 0 Å². The van der Waals surface area contributed by atoms with Gasteiger partial charge in [0.15, 0.2) is 5.65 Å². The fourth-order valence-corrected chi connectivity index (χ4v) is 2.02. The molecule has 0 spiro atoms. The van der Waals surface area contributed by atoms with Gasteiger partial charge in [0.25, 0.3) is 0 Å². The van der Waals surface area contributed by atoms with Crippen LogP contribution >= 0.6 is 0 Å². The van der Waals surface area contributed by atoms with Crippen LogP contribution in [0.2, 0.25) is 0 Å². The molecule has 108 valence electrons. The van der Waals surface area contributed by atoms with Gasteiger partial charge < -0.3 is 10.3 Å². The third kappa shape index (κ3) is 3.79. The van der Waals surface area contributed by atoms with E-state index in [0.29, 0.717) is 17.9 Å². The SMILES string of the molecule is CCCCC(=O)Nc1ccc2[nH]c(CCCC)nc2n1. The van der Waals surface area contributed by atoms with Crippen molar-refractivity contribution in [3.05, 3.63) is 18.0 Å². The predicted octanol–water partition coefficient (Wildman–Crippen LogP) is 3.43. The van der Waals surface area contributed by atoms with E-state index < -0.39 is 0 Å². The number of H-pyrrole nitrogens is 1. The Morgan fingerprint density at radius 1 is 1.20 bits per heavy atom. The normalized spacial score (nSPS) is 10.9. The first-order chi connectivity index (χ1) is 9.72. The average molecular weight is 274 g/mol. The number of aromatic amines is 1. The Balaban J connectivity index is 2.06. The number of hydrogen-bond donors (Lipinski definition) is 2. The number of carbonyl (C=O) groups is 1. The number of unbranched alkanes of at least 4 members (excludes halogenated alkanes) is 2. The Morgan fingerprint density at radius 2 is 2.00 bits per heavy atom. The number of nitrogens with zero attached hydrogens (tertiary/aromatic N) is 2. The van der Waals surface area contributed by atoms with Gasteiger partial charge in [0.05, 0.1) is 5.52 Å². The van der Waals surface area contributed by atoms with Crippen LogP contribution in [0.5, 0.6) is 0 Å². The Kier molecular flexibility index (Phi) is 5.09. The zero-order chi connectivity index (χ0) is 14.4. The maximum Gasteiger partial charge on any atom is 0.225 e. The second-order valence-electron chi connectivity index (χ2n) is 5.01. The highest BCUT2D eigenvalue weighted by Gasteiger charge is 2.07. The van der Waals surface area contributed by atoms with Gasteiger partial charge in [0.1, 0.15) is 11.6 Å². The first-order valence-electron chi connectivity index (χ1n) is 7.38. The summed E-state index contributed by atoms with van der Waals surface area (Å²) >= 11 is 0. The van der Waals surface area contributed by atoms with Crippen LogP contribution in [0.1, 0.15) is 51.8 Å². The highest BCUT2D eigenvalue weighted by atomic mass is 16.1. The average Bonchev–Trinajstić information content (AvgIpc) is 2.85. The summed E-state index contributed by atoms with van der Waals surface area (Å²) in [7, 11) is 0. The number of nitrogens with one attached hydrogen (secondary N) is 2. The molecule has 0 unspecified atom stereocenters. The number of pyridine rings is 1. The lowest BCUT2D eigenvalue weighted by molar-refractivity contribution is -0.116. The number of carbonyl (C=O) groups excluding carboxylic acids is 1. The van der Waals surface area contributed by atoms with Crippen molar-refractivity contribution in [3.8, 4) is 0 Å². The van der Waals surface area contributed by atoms with Gasteiger partial charge in [-0.3, -0.25) is 4.79 Å².